The second-order valence-electron chi connectivity index (χ2n) is 4.37. The van der Waals surface area contributed by atoms with Gasteiger partial charge in [-0.2, -0.15) is 18.3 Å². The number of hydrogen-bond acceptors (Lipinski definition) is 2. The average molecular weight is 396 g/mol. The van der Waals surface area contributed by atoms with Gasteiger partial charge in [0.2, 0.25) is 0 Å². The van der Waals surface area contributed by atoms with Crippen molar-refractivity contribution in [2.45, 2.75) is 23.6 Å². The Hall–Kier alpha value is -1.09. The predicted molar refractivity (Wildman–Crippen MR) is 77.0 cm³/mol. The summed E-state index contributed by atoms with van der Waals surface area (Å²) >= 11 is 2.13. The predicted octanol–water partition coefficient (Wildman–Crippen LogP) is 3.71. The van der Waals surface area contributed by atoms with Crippen LogP contribution in [0.3, 0.4) is 0 Å². The maximum Gasteiger partial charge on any atom is 0.418 e. The van der Waals surface area contributed by atoms with Gasteiger partial charge in [0.25, 0.3) is 0 Å². The minimum atomic E-state index is -4.71. The van der Waals surface area contributed by atoms with Gasteiger partial charge in [0, 0.05) is 16.2 Å². The van der Waals surface area contributed by atoms with Gasteiger partial charge < -0.3 is 5.11 Å². The van der Waals surface area contributed by atoms with E-state index in [9.17, 15) is 18.3 Å². The highest BCUT2D eigenvalue weighted by atomic mass is 127. The van der Waals surface area contributed by atoms with E-state index in [1.165, 1.54) is 10.7 Å². The molecule has 1 N–H and O–H groups in total. The van der Waals surface area contributed by atoms with Crippen molar-refractivity contribution in [1.29, 1.82) is 0 Å². The summed E-state index contributed by atoms with van der Waals surface area (Å²) in [4.78, 5) is 0. The summed E-state index contributed by atoms with van der Waals surface area (Å²) in [5.74, 6) is 0. The third-order valence-corrected chi connectivity index (χ3v) is 3.70. The maximum atomic E-state index is 12.7. The van der Waals surface area contributed by atoms with Gasteiger partial charge in [-0.25, -0.2) is 4.68 Å². The Morgan fingerprint density at radius 1 is 1.35 bits per heavy atom. The van der Waals surface area contributed by atoms with Gasteiger partial charge in [0.1, 0.15) is 0 Å². The molecular weight excluding hydrogens is 384 g/mol. The van der Waals surface area contributed by atoms with E-state index >= 15 is 0 Å². The van der Waals surface area contributed by atoms with Crippen LogP contribution in [0.1, 0.15) is 22.9 Å². The van der Waals surface area contributed by atoms with E-state index in [-0.39, 0.29) is 11.3 Å². The van der Waals surface area contributed by atoms with Crippen molar-refractivity contribution in [3.05, 3.63) is 47.3 Å². The van der Waals surface area contributed by atoms with Gasteiger partial charge in [-0.1, -0.05) is 34.7 Å². The van der Waals surface area contributed by atoms with Gasteiger partial charge in [-0.3, -0.25) is 0 Å². The van der Waals surface area contributed by atoms with Crippen LogP contribution in [0.15, 0.2) is 30.5 Å². The van der Waals surface area contributed by atoms with Gasteiger partial charge >= 0.3 is 6.18 Å². The molecule has 0 fully saturated rings. The Balaban J connectivity index is 2.57. The van der Waals surface area contributed by atoms with Crippen molar-refractivity contribution in [1.82, 2.24) is 9.78 Å². The molecule has 7 heteroatoms. The Morgan fingerprint density at radius 3 is 2.55 bits per heavy atom. The van der Waals surface area contributed by atoms with E-state index in [4.69, 9.17) is 0 Å². The van der Waals surface area contributed by atoms with E-state index in [1.54, 1.807) is 31.3 Å². The summed E-state index contributed by atoms with van der Waals surface area (Å²) < 4.78 is 40.2. The number of aliphatic hydroxyl groups excluding tert-OH is 1. The molecule has 2 aromatic rings. The first-order valence-electron chi connectivity index (χ1n) is 5.79. The van der Waals surface area contributed by atoms with E-state index < -0.39 is 12.3 Å². The summed E-state index contributed by atoms with van der Waals surface area (Å²) in [6.45, 7) is 1.75. The Bertz CT molecular complexity index is 610. The number of aromatic nitrogens is 2. The molecule has 0 spiro atoms. The number of aliphatic hydroxyl groups is 1. The monoisotopic (exact) mass is 396 g/mol. The van der Waals surface area contributed by atoms with E-state index in [0.717, 1.165) is 5.56 Å². The fourth-order valence-electron chi connectivity index (χ4n) is 1.83. The van der Waals surface area contributed by atoms with Crippen molar-refractivity contribution in [3.63, 3.8) is 0 Å². The topological polar surface area (TPSA) is 38.0 Å². The Labute approximate surface area is 127 Å². The molecule has 1 aromatic carbocycles. The van der Waals surface area contributed by atoms with Gasteiger partial charge in [0.05, 0.1) is 11.4 Å². The largest absolute Gasteiger partial charge is 0.418 e. The summed E-state index contributed by atoms with van der Waals surface area (Å²) in [5, 5.41) is 13.6. The van der Waals surface area contributed by atoms with Crippen LogP contribution >= 0.6 is 22.6 Å². The molecule has 1 aromatic heterocycles. The number of halogens is 4. The molecule has 20 heavy (non-hydrogen) atoms. The lowest BCUT2D eigenvalue weighted by molar-refractivity contribution is -0.206. The molecule has 1 atom stereocenters. The first-order valence-corrected chi connectivity index (χ1v) is 7.31. The van der Waals surface area contributed by atoms with E-state index in [0.29, 0.717) is 10.1 Å². The molecule has 0 saturated heterocycles. The normalized spacial score (nSPS) is 13.5. The van der Waals surface area contributed by atoms with Crippen LogP contribution in [0.25, 0.3) is 5.69 Å². The molecular formula is C13H12F3IN2O. The van der Waals surface area contributed by atoms with Crippen LogP contribution in [-0.4, -0.2) is 21.1 Å². The molecule has 0 saturated carbocycles. The zero-order valence-corrected chi connectivity index (χ0v) is 12.7. The van der Waals surface area contributed by atoms with E-state index in [1.807, 2.05) is 0 Å². The smallest absolute Gasteiger partial charge is 0.379 e. The molecule has 108 valence electrons. The third-order valence-electron chi connectivity index (χ3n) is 2.82. The highest BCUT2D eigenvalue weighted by molar-refractivity contribution is 14.1. The van der Waals surface area contributed by atoms with Crippen LogP contribution in [0.4, 0.5) is 13.2 Å². The lowest BCUT2D eigenvalue weighted by Gasteiger charge is -2.19. The SMILES string of the molecule is Cc1ccn(-c2cc(CI)ccc2C(O)C(F)(F)F)n1. The van der Waals surface area contributed by atoms with Gasteiger partial charge in [-0.05, 0) is 24.6 Å². The van der Waals surface area contributed by atoms with Crippen molar-refractivity contribution in [2.24, 2.45) is 0 Å². The Morgan fingerprint density at radius 2 is 2.05 bits per heavy atom. The second kappa shape index (κ2) is 5.72. The molecule has 1 unspecified atom stereocenters. The molecule has 2 rings (SSSR count). The minimum absolute atomic E-state index is 0.200. The van der Waals surface area contributed by atoms with Crippen LogP contribution in [-0.2, 0) is 4.43 Å². The lowest BCUT2D eigenvalue weighted by Crippen LogP contribution is -2.22. The third kappa shape index (κ3) is 3.14. The van der Waals surface area contributed by atoms with Crippen LogP contribution in [0.2, 0.25) is 0 Å². The zero-order valence-electron chi connectivity index (χ0n) is 10.5. The van der Waals surface area contributed by atoms with Crippen molar-refractivity contribution in [2.75, 3.05) is 0 Å². The van der Waals surface area contributed by atoms with Crippen molar-refractivity contribution in [3.8, 4) is 5.69 Å². The lowest BCUT2D eigenvalue weighted by atomic mass is 10.0. The first kappa shape index (κ1) is 15.3. The molecule has 1 heterocycles. The van der Waals surface area contributed by atoms with Crippen LogP contribution < -0.4 is 0 Å². The molecule has 0 aliphatic rings. The van der Waals surface area contributed by atoms with E-state index in [2.05, 4.69) is 27.7 Å². The second-order valence-corrected chi connectivity index (χ2v) is 5.14. The molecule has 3 nitrogen and oxygen atoms in total. The number of rotatable bonds is 3. The standard InChI is InChI=1S/C13H12F3IN2O/c1-8-4-5-19(18-8)11-6-9(7-17)2-3-10(11)12(20)13(14,15)16/h2-6,12,20H,7H2,1H3. The zero-order chi connectivity index (χ0) is 14.9. The minimum Gasteiger partial charge on any atom is -0.379 e. The summed E-state index contributed by atoms with van der Waals surface area (Å²) in [6, 6.07) is 6.19. The molecule has 0 radical (unpaired) electrons. The summed E-state index contributed by atoms with van der Waals surface area (Å²) in [5.41, 5.74) is 1.61. The fraction of sp³-hybridized carbons (Fsp3) is 0.308. The molecule has 0 amide bonds. The molecule has 0 bridgehead atoms. The highest BCUT2D eigenvalue weighted by Crippen LogP contribution is 2.35. The first-order chi connectivity index (χ1) is 9.32. The van der Waals surface area contributed by atoms with Gasteiger partial charge in [-0.15, -0.1) is 0 Å². The van der Waals surface area contributed by atoms with Crippen molar-refractivity contribution >= 4 is 22.6 Å². The maximum absolute atomic E-state index is 12.7. The quantitative estimate of drug-likeness (QED) is 0.635. The van der Waals surface area contributed by atoms with Crippen molar-refractivity contribution < 1.29 is 18.3 Å². The Kier molecular flexibility index (Phi) is 4.38. The van der Waals surface area contributed by atoms with Gasteiger partial charge in [0.15, 0.2) is 6.10 Å². The number of hydrogen-bond donors (Lipinski definition) is 1. The number of aryl methyl sites for hydroxylation is 1. The summed E-state index contributed by atoms with van der Waals surface area (Å²) in [7, 11) is 0. The summed E-state index contributed by atoms with van der Waals surface area (Å²) in [6.07, 6.45) is -5.65. The highest BCUT2D eigenvalue weighted by Gasteiger charge is 2.40. The van der Waals surface area contributed by atoms with Crippen LogP contribution in [0.5, 0.6) is 0 Å². The molecule has 0 aliphatic carbocycles. The molecule has 0 aliphatic heterocycles. The van der Waals surface area contributed by atoms with Crippen LogP contribution in [0, 0.1) is 6.92 Å². The number of nitrogens with zero attached hydrogens (tertiary/aromatic N) is 2. The number of benzene rings is 1. The average Bonchev–Trinajstić information content (AvgIpc) is 2.82. The fourth-order valence-corrected chi connectivity index (χ4v) is 2.30. The number of alkyl halides is 4.